The lowest BCUT2D eigenvalue weighted by atomic mass is 10.2. The highest BCUT2D eigenvalue weighted by atomic mass is 19.1. The van der Waals surface area contributed by atoms with E-state index in [9.17, 15) is 4.39 Å². The van der Waals surface area contributed by atoms with Crippen molar-refractivity contribution in [3.63, 3.8) is 0 Å². The molecule has 0 aliphatic rings. The van der Waals surface area contributed by atoms with Gasteiger partial charge in [-0.25, -0.2) is 4.39 Å². The maximum atomic E-state index is 13.5. The van der Waals surface area contributed by atoms with Crippen molar-refractivity contribution in [1.82, 2.24) is 15.0 Å². The Balaban J connectivity index is 2.31. The lowest BCUT2D eigenvalue weighted by Crippen LogP contribution is -2.15. The van der Waals surface area contributed by atoms with Gasteiger partial charge in [0.05, 0.1) is 0 Å². The maximum absolute atomic E-state index is 13.5. The first-order chi connectivity index (χ1) is 9.99. The first-order valence-corrected chi connectivity index (χ1v) is 6.61. The molecule has 6 nitrogen and oxygen atoms in total. The molecule has 0 atom stereocenters. The predicted molar refractivity (Wildman–Crippen MR) is 79.5 cm³/mol. The fourth-order valence-electron chi connectivity index (χ4n) is 1.57. The third kappa shape index (κ3) is 3.77. The number of nitrogens with zero attached hydrogens (tertiary/aromatic N) is 4. The number of halogens is 1. The topological polar surface area (TPSA) is 63.2 Å². The third-order valence-corrected chi connectivity index (χ3v) is 2.69. The Bertz CT molecular complexity index is 633. The molecule has 0 spiro atoms. The molecule has 0 amide bonds. The number of hydrogen-bond acceptors (Lipinski definition) is 6. The number of benzene rings is 1. The van der Waals surface area contributed by atoms with E-state index in [1.807, 2.05) is 21.0 Å². The second-order valence-electron chi connectivity index (χ2n) is 4.68. The second-order valence-corrected chi connectivity index (χ2v) is 4.68. The quantitative estimate of drug-likeness (QED) is 0.913. The fourth-order valence-corrected chi connectivity index (χ4v) is 1.57. The van der Waals surface area contributed by atoms with E-state index in [0.717, 1.165) is 0 Å². The summed E-state index contributed by atoms with van der Waals surface area (Å²) in [6, 6.07) is 4.74. The summed E-state index contributed by atoms with van der Waals surface area (Å²) < 4.78 is 19.1. The molecule has 1 aromatic heterocycles. The van der Waals surface area contributed by atoms with Crippen molar-refractivity contribution in [3.8, 4) is 11.8 Å². The number of nitrogens with one attached hydrogen (secondary N) is 1. The Morgan fingerprint density at radius 1 is 1.24 bits per heavy atom. The molecule has 2 aromatic rings. The van der Waals surface area contributed by atoms with Crippen LogP contribution >= 0.6 is 0 Å². The number of anilines is 2. The standard InChI is InChI=1S/C14H18FN5O/c1-5-16-12-17-13(20(3)4)19-14(18-12)21-10-7-6-9(2)11(15)8-10/h6-8H,5H2,1-4H3,(H,16,17,18,19). The van der Waals surface area contributed by atoms with Crippen LogP contribution in [0.5, 0.6) is 11.8 Å². The molecule has 0 saturated heterocycles. The Morgan fingerprint density at radius 2 is 2.00 bits per heavy atom. The highest BCUT2D eigenvalue weighted by Gasteiger charge is 2.10. The van der Waals surface area contributed by atoms with Crippen LogP contribution in [-0.2, 0) is 0 Å². The first kappa shape index (κ1) is 15.0. The van der Waals surface area contributed by atoms with Crippen molar-refractivity contribution in [1.29, 1.82) is 0 Å². The molecule has 21 heavy (non-hydrogen) atoms. The van der Waals surface area contributed by atoms with Crippen LogP contribution in [0.15, 0.2) is 18.2 Å². The molecule has 0 fully saturated rings. The zero-order chi connectivity index (χ0) is 15.4. The van der Waals surface area contributed by atoms with Gasteiger partial charge in [0.1, 0.15) is 11.6 Å². The average Bonchev–Trinajstić information content (AvgIpc) is 2.43. The minimum absolute atomic E-state index is 0.118. The van der Waals surface area contributed by atoms with Crippen LogP contribution in [0.4, 0.5) is 16.3 Å². The van der Waals surface area contributed by atoms with Gasteiger partial charge in [0, 0.05) is 26.7 Å². The normalized spacial score (nSPS) is 10.3. The molecule has 0 aliphatic carbocycles. The van der Waals surface area contributed by atoms with E-state index in [1.165, 1.54) is 6.07 Å². The fraction of sp³-hybridized carbons (Fsp3) is 0.357. The van der Waals surface area contributed by atoms with E-state index in [4.69, 9.17) is 4.74 Å². The molecule has 2 rings (SSSR count). The summed E-state index contributed by atoms with van der Waals surface area (Å²) in [4.78, 5) is 14.3. The van der Waals surface area contributed by atoms with E-state index in [2.05, 4.69) is 20.3 Å². The van der Waals surface area contributed by atoms with Crippen LogP contribution in [-0.4, -0.2) is 35.6 Å². The molecule has 1 heterocycles. The van der Waals surface area contributed by atoms with E-state index < -0.39 is 0 Å². The zero-order valence-corrected chi connectivity index (χ0v) is 12.5. The monoisotopic (exact) mass is 291 g/mol. The number of ether oxygens (including phenoxy) is 1. The van der Waals surface area contributed by atoms with Gasteiger partial charge in [-0.2, -0.15) is 15.0 Å². The van der Waals surface area contributed by atoms with Crippen molar-refractivity contribution >= 4 is 11.9 Å². The maximum Gasteiger partial charge on any atom is 0.328 e. The SMILES string of the molecule is CCNc1nc(Oc2ccc(C)c(F)c2)nc(N(C)C)n1. The highest BCUT2D eigenvalue weighted by Crippen LogP contribution is 2.22. The van der Waals surface area contributed by atoms with Gasteiger partial charge in [-0.15, -0.1) is 0 Å². The van der Waals surface area contributed by atoms with Crippen molar-refractivity contribution < 1.29 is 9.13 Å². The second kappa shape index (κ2) is 6.34. The molecular formula is C14H18FN5O. The van der Waals surface area contributed by atoms with E-state index in [1.54, 1.807) is 24.0 Å². The van der Waals surface area contributed by atoms with E-state index in [0.29, 0.717) is 29.8 Å². The zero-order valence-electron chi connectivity index (χ0n) is 12.5. The van der Waals surface area contributed by atoms with Gasteiger partial charge in [0.15, 0.2) is 0 Å². The number of rotatable bonds is 5. The van der Waals surface area contributed by atoms with Gasteiger partial charge in [-0.1, -0.05) is 6.07 Å². The molecule has 1 N–H and O–H groups in total. The van der Waals surface area contributed by atoms with Gasteiger partial charge in [0.25, 0.3) is 0 Å². The van der Waals surface area contributed by atoms with Crippen LogP contribution < -0.4 is 15.0 Å². The summed E-state index contributed by atoms with van der Waals surface area (Å²) in [5, 5.41) is 3.01. The lowest BCUT2D eigenvalue weighted by Gasteiger charge is -2.13. The highest BCUT2D eigenvalue weighted by molar-refractivity contribution is 5.38. The van der Waals surface area contributed by atoms with Gasteiger partial charge in [-0.3, -0.25) is 0 Å². The molecule has 112 valence electrons. The van der Waals surface area contributed by atoms with Gasteiger partial charge in [-0.05, 0) is 25.5 Å². The van der Waals surface area contributed by atoms with Crippen molar-refractivity contribution in [2.45, 2.75) is 13.8 Å². The smallest absolute Gasteiger partial charge is 0.328 e. The molecule has 0 bridgehead atoms. The third-order valence-electron chi connectivity index (χ3n) is 2.69. The molecule has 1 aromatic carbocycles. The van der Waals surface area contributed by atoms with Crippen LogP contribution in [0.1, 0.15) is 12.5 Å². The van der Waals surface area contributed by atoms with E-state index in [-0.39, 0.29) is 11.8 Å². The van der Waals surface area contributed by atoms with Crippen molar-refractivity contribution in [2.24, 2.45) is 0 Å². The van der Waals surface area contributed by atoms with Crippen molar-refractivity contribution in [2.75, 3.05) is 30.9 Å². The summed E-state index contributed by atoms with van der Waals surface area (Å²) in [5.41, 5.74) is 0.556. The summed E-state index contributed by atoms with van der Waals surface area (Å²) in [5.74, 6) is 0.889. The Labute approximate surface area is 123 Å². The Kier molecular flexibility index (Phi) is 4.52. The first-order valence-electron chi connectivity index (χ1n) is 6.61. The minimum Gasteiger partial charge on any atom is -0.424 e. The number of hydrogen-bond donors (Lipinski definition) is 1. The largest absolute Gasteiger partial charge is 0.424 e. The van der Waals surface area contributed by atoms with Crippen LogP contribution in [0, 0.1) is 12.7 Å². The van der Waals surface area contributed by atoms with Gasteiger partial charge in [0.2, 0.25) is 11.9 Å². The van der Waals surface area contributed by atoms with Gasteiger partial charge >= 0.3 is 6.01 Å². The molecule has 0 saturated carbocycles. The summed E-state index contributed by atoms with van der Waals surface area (Å²) >= 11 is 0. The number of aryl methyl sites for hydroxylation is 1. The number of aromatic nitrogens is 3. The van der Waals surface area contributed by atoms with Crippen LogP contribution in [0.25, 0.3) is 0 Å². The molecular weight excluding hydrogens is 273 g/mol. The summed E-state index contributed by atoms with van der Waals surface area (Å²) in [6.07, 6.45) is 0. The van der Waals surface area contributed by atoms with E-state index >= 15 is 0 Å². The van der Waals surface area contributed by atoms with Crippen LogP contribution in [0.3, 0.4) is 0 Å². The minimum atomic E-state index is -0.332. The molecule has 0 unspecified atom stereocenters. The lowest BCUT2D eigenvalue weighted by molar-refractivity contribution is 0.436. The average molecular weight is 291 g/mol. The molecule has 7 heteroatoms. The Morgan fingerprint density at radius 3 is 2.62 bits per heavy atom. The van der Waals surface area contributed by atoms with Crippen molar-refractivity contribution in [3.05, 3.63) is 29.6 Å². The van der Waals surface area contributed by atoms with Crippen LogP contribution in [0.2, 0.25) is 0 Å². The Hall–Kier alpha value is -2.44. The summed E-state index contributed by atoms with van der Waals surface area (Å²) in [7, 11) is 3.64. The predicted octanol–water partition coefficient (Wildman–Crippen LogP) is 2.61. The molecule has 0 radical (unpaired) electrons. The molecule has 0 aliphatic heterocycles. The van der Waals surface area contributed by atoms with Gasteiger partial charge < -0.3 is 15.0 Å². The summed E-state index contributed by atoms with van der Waals surface area (Å²) in [6.45, 7) is 4.31.